The van der Waals surface area contributed by atoms with Crippen LogP contribution in [-0.4, -0.2) is 29.5 Å². The van der Waals surface area contributed by atoms with Crippen LogP contribution in [0.2, 0.25) is 36.3 Å². The van der Waals surface area contributed by atoms with E-state index in [-0.39, 0.29) is 34.0 Å². The van der Waals surface area contributed by atoms with E-state index in [0.717, 1.165) is 16.9 Å². The average Bonchev–Trinajstić information content (AvgIpc) is 2.60. The quantitative estimate of drug-likeness (QED) is 0.411. The lowest BCUT2D eigenvalue weighted by Crippen LogP contribution is -2.47. The van der Waals surface area contributed by atoms with Gasteiger partial charge in [-0.3, -0.25) is 4.79 Å². The Morgan fingerprint density at radius 3 is 1.90 bits per heavy atom. The molecule has 1 aromatic rings. The number of carbonyl (C=O) groups excluding carboxylic acids is 1. The predicted molar refractivity (Wildman–Crippen MR) is 134 cm³/mol. The lowest BCUT2D eigenvalue weighted by Gasteiger charge is -2.47. The highest BCUT2D eigenvalue weighted by Gasteiger charge is 2.48. The fourth-order valence-electron chi connectivity index (χ4n) is 3.67. The molecule has 2 rings (SSSR count). The molecule has 0 N–H and O–H groups in total. The smallest absolute Gasteiger partial charge is 0.192 e. The molecule has 0 aromatic heterocycles. The topological polar surface area (TPSA) is 44.8 Å². The minimum absolute atomic E-state index is 0.0466. The zero-order chi connectivity index (χ0) is 24.0. The summed E-state index contributed by atoms with van der Waals surface area (Å²) in [6.45, 7) is 24.2. The van der Waals surface area contributed by atoms with E-state index in [2.05, 4.69) is 73.8 Å². The maximum Gasteiger partial charge on any atom is 0.192 e. The number of hydrogen-bond donors (Lipinski definition) is 0. The van der Waals surface area contributed by atoms with Crippen LogP contribution in [0.25, 0.3) is 0 Å². The van der Waals surface area contributed by atoms with Crippen molar-refractivity contribution in [3.63, 3.8) is 0 Å². The monoisotopic (exact) mass is 464 g/mol. The van der Waals surface area contributed by atoms with Crippen LogP contribution >= 0.6 is 0 Å². The number of benzene rings is 1. The van der Waals surface area contributed by atoms with Gasteiger partial charge in [-0.15, -0.1) is 0 Å². The van der Waals surface area contributed by atoms with E-state index in [0.29, 0.717) is 6.42 Å². The Kier molecular flexibility index (Phi) is 7.44. The second-order valence-electron chi connectivity index (χ2n) is 12.1. The molecule has 6 heteroatoms. The van der Waals surface area contributed by atoms with Crippen LogP contribution in [0.1, 0.15) is 78.2 Å². The van der Waals surface area contributed by atoms with Crippen molar-refractivity contribution in [1.82, 2.24) is 0 Å². The van der Waals surface area contributed by atoms with Gasteiger partial charge in [0, 0.05) is 11.5 Å². The van der Waals surface area contributed by atoms with E-state index in [1.165, 1.54) is 0 Å². The number of rotatable bonds is 6. The molecule has 1 aromatic carbocycles. The van der Waals surface area contributed by atoms with Crippen molar-refractivity contribution in [3.05, 3.63) is 29.3 Å². The first-order valence-corrected chi connectivity index (χ1v) is 17.3. The summed E-state index contributed by atoms with van der Waals surface area (Å²) in [5, 5.41) is 0.136. The van der Waals surface area contributed by atoms with Crippen LogP contribution in [0, 0.1) is 5.92 Å². The van der Waals surface area contributed by atoms with Crippen molar-refractivity contribution in [2.24, 2.45) is 5.92 Å². The first-order valence-electron chi connectivity index (χ1n) is 11.5. The number of carbonyl (C=O) groups is 1. The molecule has 1 aliphatic rings. The molecule has 0 saturated heterocycles. The van der Waals surface area contributed by atoms with Gasteiger partial charge in [0.25, 0.3) is 0 Å². The van der Waals surface area contributed by atoms with Crippen molar-refractivity contribution in [3.8, 4) is 5.75 Å². The molecule has 31 heavy (non-hydrogen) atoms. The summed E-state index contributed by atoms with van der Waals surface area (Å²) in [5.41, 5.74) is 2.12. The van der Waals surface area contributed by atoms with Gasteiger partial charge in [0.2, 0.25) is 0 Å². The Morgan fingerprint density at radius 1 is 0.935 bits per heavy atom. The molecule has 0 amide bonds. The van der Waals surface area contributed by atoms with Gasteiger partial charge in [-0.2, -0.15) is 0 Å². The Balaban J connectivity index is 2.64. The Bertz CT molecular complexity index is 803. The van der Waals surface area contributed by atoms with E-state index in [1.54, 1.807) is 14.0 Å². The number of Topliss-reactive ketones (excluding diaryl/α,β-unsaturated/α-hetero) is 1. The highest BCUT2D eigenvalue weighted by molar-refractivity contribution is 6.74. The van der Waals surface area contributed by atoms with Crippen molar-refractivity contribution >= 4 is 22.4 Å². The van der Waals surface area contributed by atoms with E-state index < -0.39 is 16.6 Å². The van der Waals surface area contributed by atoms with Gasteiger partial charge < -0.3 is 13.6 Å². The number of methoxy groups -OCH3 is 1. The predicted octanol–water partition coefficient (Wildman–Crippen LogP) is 7.43. The number of fused-ring (bicyclic) bond motifs is 1. The Hall–Kier alpha value is -0.956. The van der Waals surface area contributed by atoms with Gasteiger partial charge in [-0.1, -0.05) is 53.7 Å². The van der Waals surface area contributed by atoms with E-state index in [4.69, 9.17) is 13.6 Å². The van der Waals surface area contributed by atoms with Gasteiger partial charge in [0.1, 0.15) is 11.5 Å². The van der Waals surface area contributed by atoms with Crippen LogP contribution < -0.4 is 4.74 Å². The third-order valence-corrected chi connectivity index (χ3v) is 16.7. The van der Waals surface area contributed by atoms with Gasteiger partial charge in [-0.05, 0) is 61.2 Å². The van der Waals surface area contributed by atoms with Crippen molar-refractivity contribution < 1.29 is 18.4 Å². The third kappa shape index (κ3) is 5.34. The lowest BCUT2D eigenvalue weighted by atomic mass is 9.77. The molecule has 0 saturated carbocycles. The molecule has 0 spiro atoms. The number of hydrogen-bond acceptors (Lipinski definition) is 4. The lowest BCUT2D eigenvalue weighted by molar-refractivity contribution is -0.126. The van der Waals surface area contributed by atoms with Crippen molar-refractivity contribution in [1.29, 1.82) is 0 Å². The standard InChI is InChI=1S/C25H44O4Si2/c1-17(26)19-16-21(28-30(9,10)24(2,3)4)18-14-13-15-20(27-8)22(18)23(19)29-31(11,12)25(5,6)7/h13-15,19,21,23H,16H2,1-12H3/t19-,21-,23+/m0/s1. The largest absolute Gasteiger partial charge is 0.496 e. The molecular weight excluding hydrogens is 420 g/mol. The summed E-state index contributed by atoms with van der Waals surface area (Å²) in [4.78, 5) is 12.9. The zero-order valence-corrected chi connectivity index (χ0v) is 23.8. The fourth-order valence-corrected chi connectivity index (χ4v) is 6.22. The maximum absolute atomic E-state index is 12.9. The molecule has 176 valence electrons. The number of ketones is 1. The van der Waals surface area contributed by atoms with Crippen LogP contribution in [0.15, 0.2) is 18.2 Å². The third-order valence-electron chi connectivity index (χ3n) is 7.78. The summed E-state index contributed by atoms with van der Waals surface area (Å²) in [6, 6.07) is 6.14. The molecule has 0 heterocycles. The second-order valence-corrected chi connectivity index (χ2v) is 21.6. The van der Waals surface area contributed by atoms with Crippen molar-refractivity contribution in [2.45, 2.75) is 103 Å². The van der Waals surface area contributed by atoms with Gasteiger partial charge in [0.15, 0.2) is 16.6 Å². The number of ether oxygens (including phenoxy) is 1. The molecule has 1 aliphatic carbocycles. The van der Waals surface area contributed by atoms with E-state index in [9.17, 15) is 4.79 Å². The summed E-state index contributed by atoms with van der Waals surface area (Å²) in [6.07, 6.45) is 0.226. The summed E-state index contributed by atoms with van der Waals surface area (Å²) in [5.74, 6) is 0.702. The first kappa shape index (κ1) is 26.3. The van der Waals surface area contributed by atoms with Crippen molar-refractivity contribution in [2.75, 3.05) is 7.11 Å². The minimum atomic E-state index is -2.12. The van der Waals surface area contributed by atoms with Crippen LogP contribution in [-0.2, 0) is 13.6 Å². The Labute approximate surface area is 192 Å². The highest BCUT2D eigenvalue weighted by atomic mass is 28.4. The van der Waals surface area contributed by atoms with Crippen LogP contribution in [0.3, 0.4) is 0 Å². The molecule has 4 nitrogen and oxygen atoms in total. The maximum atomic E-state index is 12.9. The van der Waals surface area contributed by atoms with Gasteiger partial charge >= 0.3 is 0 Å². The molecule has 0 fully saturated rings. The normalized spacial score (nSPS) is 22.8. The minimum Gasteiger partial charge on any atom is -0.496 e. The van der Waals surface area contributed by atoms with Crippen LogP contribution in [0.5, 0.6) is 5.75 Å². The zero-order valence-electron chi connectivity index (χ0n) is 21.8. The Morgan fingerprint density at radius 2 is 1.45 bits per heavy atom. The highest BCUT2D eigenvalue weighted by Crippen LogP contribution is 2.53. The van der Waals surface area contributed by atoms with Crippen LogP contribution in [0.4, 0.5) is 0 Å². The fraction of sp³-hybridized carbons (Fsp3) is 0.720. The first-order chi connectivity index (χ1) is 13.9. The van der Waals surface area contributed by atoms with E-state index >= 15 is 0 Å². The molecule has 0 radical (unpaired) electrons. The van der Waals surface area contributed by atoms with Gasteiger partial charge in [-0.25, -0.2) is 0 Å². The van der Waals surface area contributed by atoms with Gasteiger partial charge in [0.05, 0.1) is 19.3 Å². The molecule has 0 aliphatic heterocycles. The summed E-state index contributed by atoms with van der Waals surface area (Å²) >= 11 is 0. The molecule has 0 unspecified atom stereocenters. The summed E-state index contributed by atoms with van der Waals surface area (Å²) < 4.78 is 19.6. The van der Waals surface area contributed by atoms with E-state index in [1.807, 2.05) is 12.1 Å². The second kappa shape index (κ2) is 8.77. The molecule has 3 atom stereocenters. The summed E-state index contributed by atoms with van der Waals surface area (Å²) in [7, 11) is -2.46. The average molecular weight is 465 g/mol. The molecule has 0 bridgehead atoms. The SMILES string of the molecule is COc1cccc2c1[C@H](O[Si](C)(C)C(C)(C)C)[C@H](C(C)=O)C[C@@H]2O[Si](C)(C)C(C)(C)C. The molecular formula is C25H44O4Si2.